The highest BCUT2D eigenvalue weighted by Gasteiger charge is 2.29. The van der Waals surface area contributed by atoms with Gasteiger partial charge in [0.15, 0.2) is 12.0 Å². The summed E-state index contributed by atoms with van der Waals surface area (Å²) in [5.74, 6) is 1.86. The molecule has 1 aliphatic carbocycles. The Labute approximate surface area is 372 Å². The van der Waals surface area contributed by atoms with Crippen molar-refractivity contribution < 1.29 is 0 Å². The molecule has 63 heavy (non-hydrogen) atoms. The van der Waals surface area contributed by atoms with Gasteiger partial charge in [0, 0.05) is 61.3 Å². The topological polar surface area (TPSA) is 31.2 Å². The first kappa shape index (κ1) is 38.3. The number of benzene rings is 8. The number of nitrogens with zero attached hydrogens (tertiary/aromatic N) is 4. The zero-order valence-electron chi connectivity index (χ0n) is 34.9. The van der Waals surface area contributed by atoms with Gasteiger partial charge in [-0.15, -0.1) is 11.3 Å². The second kappa shape index (κ2) is 16.7. The van der Waals surface area contributed by atoms with E-state index < -0.39 is 0 Å². The SMILES string of the molecule is CN1C(c2cccc3sc4cc(N(C5=CC(c6ccccc6)CC(c6ccccc6)=C5)c5ccccc5)ccc4c23)=NC(c2ccccc2)=NC1c1cccc(-c2ccccc2)c1. The van der Waals surface area contributed by atoms with Gasteiger partial charge in [-0.1, -0.05) is 182 Å². The first-order chi connectivity index (χ1) is 31.1. The molecule has 0 saturated heterocycles. The van der Waals surface area contributed by atoms with Crippen molar-refractivity contribution in [2.75, 3.05) is 11.9 Å². The van der Waals surface area contributed by atoms with Gasteiger partial charge in [-0.3, -0.25) is 0 Å². The molecule has 1 aromatic heterocycles. The first-order valence-electron chi connectivity index (χ1n) is 21.6. The third kappa shape index (κ3) is 7.47. The molecular weight excluding hydrogens is 785 g/mol. The summed E-state index contributed by atoms with van der Waals surface area (Å²) in [7, 11) is 2.13. The highest BCUT2D eigenvalue weighted by Crippen LogP contribution is 2.44. The molecule has 0 bridgehead atoms. The van der Waals surface area contributed by atoms with Crippen LogP contribution in [0.3, 0.4) is 0 Å². The van der Waals surface area contributed by atoms with Crippen LogP contribution < -0.4 is 4.90 Å². The van der Waals surface area contributed by atoms with Crippen LogP contribution in [0.2, 0.25) is 0 Å². The fourth-order valence-electron chi connectivity index (χ4n) is 9.17. The molecule has 2 atom stereocenters. The van der Waals surface area contributed by atoms with Crippen LogP contribution in [0.5, 0.6) is 0 Å². The largest absolute Gasteiger partial charge is 0.333 e. The second-order valence-electron chi connectivity index (χ2n) is 16.2. The number of amidine groups is 2. The van der Waals surface area contributed by atoms with Crippen LogP contribution in [0.15, 0.2) is 240 Å². The fourth-order valence-corrected chi connectivity index (χ4v) is 10.3. The highest BCUT2D eigenvalue weighted by molar-refractivity contribution is 7.26. The quantitative estimate of drug-likeness (QED) is 0.145. The normalized spacial score (nSPS) is 16.3. The van der Waals surface area contributed by atoms with Gasteiger partial charge < -0.3 is 9.80 Å². The molecule has 0 radical (unpaired) electrons. The maximum Gasteiger partial charge on any atom is 0.159 e. The van der Waals surface area contributed by atoms with Crippen LogP contribution in [-0.4, -0.2) is 23.6 Å². The highest BCUT2D eigenvalue weighted by atomic mass is 32.1. The average molecular weight is 829 g/mol. The van der Waals surface area contributed by atoms with Gasteiger partial charge >= 0.3 is 0 Å². The van der Waals surface area contributed by atoms with E-state index in [9.17, 15) is 0 Å². The van der Waals surface area contributed by atoms with E-state index in [0.717, 1.165) is 51.9 Å². The maximum absolute atomic E-state index is 5.38. The number of hydrogen-bond donors (Lipinski definition) is 0. The van der Waals surface area contributed by atoms with Crippen LogP contribution in [0.1, 0.15) is 46.3 Å². The lowest BCUT2D eigenvalue weighted by Gasteiger charge is -2.33. The molecule has 8 aromatic carbocycles. The lowest BCUT2D eigenvalue weighted by Crippen LogP contribution is -2.35. The summed E-state index contributed by atoms with van der Waals surface area (Å²) >= 11 is 1.84. The average Bonchev–Trinajstić information content (AvgIpc) is 3.74. The molecule has 0 amide bonds. The summed E-state index contributed by atoms with van der Waals surface area (Å²) in [4.78, 5) is 15.4. The van der Waals surface area contributed by atoms with E-state index in [2.05, 4.69) is 235 Å². The number of aliphatic imine (C=N–C) groups is 2. The molecule has 0 saturated carbocycles. The molecule has 0 spiro atoms. The predicted molar refractivity (Wildman–Crippen MR) is 266 cm³/mol. The Kier molecular flexibility index (Phi) is 10.2. The van der Waals surface area contributed by atoms with Gasteiger partial charge in [0.1, 0.15) is 5.84 Å². The van der Waals surface area contributed by atoms with Crippen molar-refractivity contribution in [3.8, 4) is 11.1 Å². The van der Waals surface area contributed by atoms with E-state index in [1.807, 2.05) is 17.4 Å². The predicted octanol–water partition coefficient (Wildman–Crippen LogP) is 14.9. The molecule has 0 N–H and O–H groups in total. The Bertz CT molecular complexity index is 3210. The van der Waals surface area contributed by atoms with Crippen molar-refractivity contribution in [3.63, 3.8) is 0 Å². The molecule has 302 valence electrons. The zero-order valence-corrected chi connectivity index (χ0v) is 35.7. The molecule has 5 heteroatoms. The minimum absolute atomic E-state index is 0.227. The summed E-state index contributed by atoms with van der Waals surface area (Å²) in [6.07, 6.45) is 5.51. The van der Waals surface area contributed by atoms with Gasteiger partial charge in [-0.05, 0) is 82.3 Å². The molecule has 2 aliphatic rings. The maximum atomic E-state index is 5.38. The van der Waals surface area contributed by atoms with Crippen LogP contribution in [0.4, 0.5) is 11.4 Å². The minimum atomic E-state index is -0.278. The van der Waals surface area contributed by atoms with Crippen molar-refractivity contribution in [2.45, 2.75) is 18.5 Å². The number of anilines is 2. The Morgan fingerprint density at radius 1 is 0.540 bits per heavy atom. The van der Waals surface area contributed by atoms with E-state index in [1.54, 1.807) is 0 Å². The first-order valence-corrected chi connectivity index (χ1v) is 22.4. The van der Waals surface area contributed by atoms with Crippen LogP contribution >= 0.6 is 11.3 Å². The number of thiophene rings is 1. The van der Waals surface area contributed by atoms with Gasteiger partial charge in [0.25, 0.3) is 0 Å². The van der Waals surface area contributed by atoms with Crippen molar-refractivity contribution in [1.82, 2.24) is 4.90 Å². The molecule has 2 heterocycles. The Hall–Kier alpha value is -7.60. The lowest BCUT2D eigenvalue weighted by molar-refractivity contribution is 0.383. The van der Waals surface area contributed by atoms with Gasteiger partial charge in [-0.25, -0.2) is 9.98 Å². The standard InChI is InChI=1S/C58H44N4S/c1-61-57(45-28-17-27-44(35-45)40-19-7-2-8-20-40)59-56(43-25-13-5-14-26-43)60-58(61)52-31-18-32-53-55(52)51-34-33-49(39-54(51)63-53)62(48-29-15-6-16-30-48)50-37-46(41-21-9-3-10-22-41)36-47(38-50)42-23-11-4-12-24-42/h2-35,37-39,46,57H,36H2,1H3. The van der Waals surface area contributed by atoms with E-state index in [0.29, 0.717) is 0 Å². The number of para-hydroxylation sites is 1. The Morgan fingerprint density at radius 3 is 1.89 bits per heavy atom. The zero-order chi connectivity index (χ0) is 42.1. The Morgan fingerprint density at radius 2 is 1.16 bits per heavy atom. The molecule has 4 nitrogen and oxygen atoms in total. The van der Waals surface area contributed by atoms with Crippen molar-refractivity contribution >= 4 is 60.1 Å². The van der Waals surface area contributed by atoms with Crippen molar-refractivity contribution in [3.05, 3.63) is 258 Å². The van der Waals surface area contributed by atoms with Gasteiger partial charge in [-0.2, -0.15) is 0 Å². The molecule has 2 unspecified atom stereocenters. The monoisotopic (exact) mass is 828 g/mol. The summed E-state index contributed by atoms with van der Waals surface area (Å²) in [5, 5.41) is 2.42. The van der Waals surface area contributed by atoms with Crippen LogP contribution in [-0.2, 0) is 0 Å². The number of allylic oxidation sites excluding steroid dienone is 3. The summed E-state index contributed by atoms with van der Waals surface area (Å²) < 4.78 is 2.45. The van der Waals surface area contributed by atoms with E-state index in [4.69, 9.17) is 9.98 Å². The van der Waals surface area contributed by atoms with E-state index >= 15 is 0 Å². The number of hydrogen-bond acceptors (Lipinski definition) is 5. The summed E-state index contributed by atoms with van der Waals surface area (Å²) in [5.41, 5.74) is 12.9. The molecular formula is C58H44N4S. The molecule has 11 rings (SSSR count). The lowest BCUT2D eigenvalue weighted by atomic mass is 9.84. The summed E-state index contributed by atoms with van der Waals surface area (Å²) in [6, 6.07) is 75.9. The van der Waals surface area contributed by atoms with Gasteiger partial charge in [0.2, 0.25) is 0 Å². The van der Waals surface area contributed by atoms with Gasteiger partial charge in [0.05, 0.1) is 0 Å². The fraction of sp³-hybridized carbons (Fsp3) is 0.0690. The smallest absolute Gasteiger partial charge is 0.159 e. The van der Waals surface area contributed by atoms with E-state index in [1.165, 1.54) is 48.0 Å². The molecule has 9 aromatic rings. The second-order valence-corrected chi connectivity index (χ2v) is 17.3. The van der Waals surface area contributed by atoms with Crippen molar-refractivity contribution in [2.24, 2.45) is 9.98 Å². The third-order valence-electron chi connectivity index (χ3n) is 12.2. The van der Waals surface area contributed by atoms with E-state index in [-0.39, 0.29) is 12.1 Å². The minimum Gasteiger partial charge on any atom is -0.333 e. The molecule has 0 fully saturated rings. The Balaban J connectivity index is 1.04. The van der Waals surface area contributed by atoms with Crippen molar-refractivity contribution in [1.29, 1.82) is 0 Å². The van der Waals surface area contributed by atoms with Crippen LogP contribution in [0.25, 0.3) is 36.9 Å². The summed E-state index contributed by atoms with van der Waals surface area (Å²) in [6.45, 7) is 0. The molecule has 1 aliphatic heterocycles. The number of fused-ring (bicyclic) bond motifs is 3. The van der Waals surface area contributed by atoms with Crippen LogP contribution in [0, 0.1) is 0 Å². The third-order valence-corrected chi connectivity index (χ3v) is 13.4. The number of rotatable bonds is 9.